The van der Waals surface area contributed by atoms with Crippen LogP contribution < -0.4 is 19.9 Å². The molecule has 0 aliphatic carbocycles. The van der Waals surface area contributed by atoms with Gasteiger partial charge in [-0.15, -0.1) is 0 Å². The van der Waals surface area contributed by atoms with E-state index in [9.17, 15) is 22.8 Å². The van der Waals surface area contributed by atoms with Crippen molar-refractivity contribution in [2.45, 2.75) is 45.5 Å². The number of methoxy groups -OCH3 is 2. The molecule has 0 saturated heterocycles. The van der Waals surface area contributed by atoms with Gasteiger partial charge in [0.05, 0.1) is 25.8 Å². The van der Waals surface area contributed by atoms with Crippen molar-refractivity contribution in [1.82, 2.24) is 4.68 Å². The fourth-order valence-corrected chi connectivity index (χ4v) is 3.72. The van der Waals surface area contributed by atoms with E-state index in [1.54, 1.807) is 7.11 Å². The Bertz CT molecular complexity index is 1160. The quantitative estimate of drug-likeness (QED) is 0.318. The number of aromatic nitrogens is 1. The molecule has 0 spiro atoms. The van der Waals surface area contributed by atoms with Gasteiger partial charge in [0.15, 0.2) is 23.1 Å². The Balaban J connectivity index is 2.27. The number of ether oxygens (including phenoxy) is 3. The standard InChI is InChI=1S/C23H26F4N2O5/c1-13(30)16-12-28-20(19(24)21(16)31)15-10-17(33-5)18(34-8-6-7-32-4)9-14(15)11-29(28)22(2,3)23(25,26)27/h9-10,12H,6-8,11H2,1-5H3. The van der Waals surface area contributed by atoms with Crippen LogP contribution in [0, 0.1) is 5.82 Å². The molecule has 11 heteroatoms. The van der Waals surface area contributed by atoms with Gasteiger partial charge in [-0.3, -0.25) is 19.3 Å². The first-order chi connectivity index (χ1) is 15.8. The Kier molecular flexibility index (Phi) is 6.97. The van der Waals surface area contributed by atoms with Gasteiger partial charge in [-0.2, -0.15) is 13.2 Å². The number of halogens is 4. The zero-order chi connectivity index (χ0) is 25.4. The molecule has 1 aliphatic rings. The Labute approximate surface area is 193 Å². The first-order valence-corrected chi connectivity index (χ1v) is 10.5. The van der Waals surface area contributed by atoms with E-state index < -0.39 is 40.0 Å². The van der Waals surface area contributed by atoms with E-state index in [-0.39, 0.29) is 30.2 Å². The van der Waals surface area contributed by atoms with Gasteiger partial charge < -0.3 is 14.2 Å². The van der Waals surface area contributed by atoms with Crippen LogP contribution in [0.5, 0.6) is 11.5 Å². The largest absolute Gasteiger partial charge is 0.493 e. The Hall–Kier alpha value is -3.08. The molecule has 7 nitrogen and oxygen atoms in total. The maximum Gasteiger partial charge on any atom is 0.412 e. The van der Waals surface area contributed by atoms with Crippen molar-refractivity contribution in [3.8, 4) is 22.8 Å². The first-order valence-electron chi connectivity index (χ1n) is 10.5. The molecule has 34 heavy (non-hydrogen) atoms. The van der Waals surface area contributed by atoms with Crippen LogP contribution in [0.3, 0.4) is 0 Å². The van der Waals surface area contributed by atoms with Crippen LogP contribution in [0.4, 0.5) is 17.6 Å². The fourth-order valence-electron chi connectivity index (χ4n) is 3.72. The van der Waals surface area contributed by atoms with Gasteiger partial charge in [0, 0.05) is 31.9 Å². The van der Waals surface area contributed by atoms with Crippen molar-refractivity contribution in [3.63, 3.8) is 0 Å². The predicted molar refractivity (Wildman–Crippen MR) is 117 cm³/mol. The number of Topliss-reactive ketones (excluding diaryl/α,β-unsaturated/α-hetero) is 1. The monoisotopic (exact) mass is 486 g/mol. The number of carbonyl (C=O) groups excluding carboxylic acids is 1. The summed E-state index contributed by atoms with van der Waals surface area (Å²) in [5, 5.41) is 0.876. The van der Waals surface area contributed by atoms with Crippen LogP contribution in [-0.4, -0.2) is 49.6 Å². The molecule has 0 amide bonds. The van der Waals surface area contributed by atoms with Gasteiger partial charge in [-0.05, 0) is 38.5 Å². The third-order valence-electron chi connectivity index (χ3n) is 5.83. The molecule has 1 aromatic carbocycles. The van der Waals surface area contributed by atoms with Gasteiger partial charge in [-0.25, -0.2) is 4.39 Å². The van der Waals surface area contributed by atoms with Crippen LogP contribution in [0.15, 0.2) is 23.1 Å². The topological polar surface area (TPSA) is 70.0 Å². The number of fused-ring (bicyclic) bond motifs is 3. The minimum absolute atomic E-state index is 0.167. The lowest BCUT2D eigenvalue weighted by molar-refractivity contribution is -0.182. The third kappa shape index (κ3) is 4.36. The molecular formula is C23H26F4N2O5. The van der Waals surface area contributed by atoms with Crippen LogP contribution in [-0.2, 0) is 11.3 Å². The predicted octanol–water partition coefficient (Wildman–Crippen LogP) is 4.07. The lowest BCUT2D eigenvalue weighted by atomic mass is 9.95. The van der Waals surface area contributed by atoms with Gasteiger partial charge in [0.25, 0.3) is 0 Å². The SMILES string of the molecule is COCCCOc1cc2c(cc1OC)-c1c(F)c(=O)c(C(C)=O)cn1N(C(C)(C)C(F)(F)F)C2. The minimum atomic E-state index is -4.72. The van der Waals surface area contributed by atoms with E-state index in [0.29, 0.717) is 18.6 Å². The van der Waals surface area contributed by atoms with E-state index >= 15 is 4.39 Å². The van der Waals surface area contributed by atoms with Crippen LogP contribution in [0.2, 0.25) is 0 Å². The molecule has 2 aromatic rings. The second-order valence-electron chi connectivity index (χ2n) is 8.40. The maximum absolute atomic E-state index is 15.4. The average Bonchev–Trinajstić information content (AvgIpc) is 2.76. The first kappa shape index (κ1) is 25.5. The van der Waals surface area contributed by atoms with Gasteiger partial charge in [0.2, 0.25) is 5.43 Å². The fraction of sp³-hybridized carbons (Fsp3) is 0.478. The number of carbonyl (C=O) groups is 1. The lowest BCUT2D eigenvalue weighted by Gasteiger charge is -2.46. The molecule has 3 rings (SSSR count). The highest BCUT2D eigenvalue weighted by atomic mass is 19.4. The van der Waals surface area contributed by atoms with Crippen molar-refractivity contribution in [3.05, 3.63) is 45.5 Å². The summed E-state index contributed by atoms with van der Waals surface area (Å²) in [6.45, 7) is 3.34. The molecule has 0 atom stereocenters. The van der Waals surface area contributed by atoms with Crippen molar-refractivity contribution in [1.29, 1.82) is 0 Å². The van der Waals surface area contributed by atoms with E-state index in [0.717, 1.165) is 36.7 Å². The molecule has 1 aromatic heterocycles. The average molecular weight is 486 g/mol. The second-order valence-corrected chi connectivity index (χ2v) is 8.40. The van der Waals surface area contributed by atoms with E-state index in [2.05, 4.69) is 0 Å². The summed E-state index contributed by atoms with van der Waals surface area (Å²) in [5.41, 5.74) is -4.13. The van der Waals surface area contributed by atoms with Gasteiger partial charge >= 0.3 is 6.18 Å². The Morgan fingerprint density at radius 1 is 1.12 bits per heavy atom. The number of ketones is 1. The van der Waals surface area contributed by atoms with Gasteiger partial charge in [0.1, 0.15) is 11.2 Å². The number of hydrogen-bond acceptors (Lipinski definition) is 6. The van der Waals surface area contributed by atoms with Crippen LogP contribution in [0.25, 0.3) is 11.3 Å². The highest BCUT2D eigenvalue weighted by molar-refractivity contribution is 5.94. The number of hydrogen-bond donors (Lipinski definition) is 0. The van der Waals surface area contributed by atoms with Crippen LogP contribution in [0.1, 0.15) is 43.1 Å². The van der Waals surface area contributed by atoms with Crippen LogP contribution >= 0.6 is 0 Å². The second kappa shape index (κ2) is 9.28. The third-order valence-corrected chi connectivity index (χ3v) is 5.83. The highest BCUT2D eigenvalue weighted by Gasteiger charge is 2.53. The lowest BCUT2D eigenvalue weighted by Crippen LogP contribution is -2.60. The molecule has 0 bridgehead atoms. The smallest absolute Gasteiger partial charge is 0.412 e. The summed E-state index contributed by atoms with van der Waals surface area (Å²) in [7, 11) is 2.91. The number of pyridine rings is 1. The minimum Gasteiger partial charge on any atom is -0.493 e. The zero-order valence-corrected chi connectivity index (χ0v) is 19.5. The zero-order valence-electron chi connectivity index (χ0n) is 19.5. The Morgan fingerprint density at radius 2 is 1.79 bits per heavy atom. The molecule has 0 saturated carbocycles. The summed E-state index contributed by atoms with van der Waals surface area (Å²) in [6.07, 6.45) is -3.20. The van der Waals surface area contributed by atoms with Crippen molar-refractivity contribution in [2.24, 2.45) is 0 Å². The molecule has 0 unspecified atom stereocenters. The summed E-state index contributed by atoms with van der Waals surface area (Å²) in [6, 6.07) is 2.90. The number of nitrogens with zero attached hydrogens (tertiary/aromatic N) is 2. The summed E-state index contributed by atoms with van der Waals surface area (Å²) < 4.78 is 74.4. The normalized spacial score (nSPS) is 13.4. The summed E-state index contributed by atoms with van der Waals surface area (Å²) in [5.74, 6) is -1.60. The number of rotatable bonds is 8. The number of alkyl halides is 3. The molecule has 0 fully saturated rings. The van der Waals surface area contributed by atoms with Crippen molar-refractivity contribution in [2.75, 3.05) is 32.4 Å². The molecule has 186 valence electrons. The number of benzene rings is 1. The molecular weight excluding hydrogens is 460 g/mol. The molecule has 2 heterocycles. The summed E-state index contributed by atoms with van der Waals surface area (Å²) in [4.78, 5) is 24.5. The maximum atomic E-state index is 15.4. The molecule has 0 N–H and O–H groups in total. The molecule has 0 radical (unpaired) electrons. The van der Waals surface area contributed by atoms with E-state index in [4.69, 9.17) is 14.2 Å². The summed E-state index contributed by atoms with van der Waals surface area (Å²) >= 11 is 0. The van der Waals surface area contributed by atoms with Gasteiger partial charge in [-0.1, -0.05) is 0 Å². The Morgan fingerprint density at radius 3 is 2.35 bits per heavy atom. The van der Waals surface area contributed by atoms with E-state index in [1.807, 2.05) is 0 Å². The molecule has 1 aliphatic heterocycles. The van der Waals surface area contributed by atoms with Crippen molar-refractivity contribution >= 4 is 5.78 Å². The highest BCUT2D eigenvalue weighted by Crippen LogP contribution is 2.43. The van der Waals surface area contributed by atoms with E-state index in [1.165, 1.54) is 19.2 Å². The van der Waals surface area contributed by atoms with Crippen molar-refractivity contribution < 1.29 is 36.6 Å².